The van der Waals surface area contributed by atoms with Crippen molar-refractivity contribution in [2.75, 3.05) is 6.61 Å². The highest BCUT2D eigenvalue weighted by Crippen LogP contribution is 2.05. The largest absolute Gasteiger partial charge is 0.461 e. The molecule has 2 aromatic heterocycles. The molecule has 1 N–H and O–H groups in total. The number of pyridine rings is 1. The summed E-state index contributed by atoms with van der Waals surface area (Å²) in [7, 11) is 0. The minimum atomic E-state index is -0.552. The molecule has 0 radical (unpaired) electrons. The second kappa shape index (κ2) is 6.94. The number of aromatic nitrogens is 3. The monoisotopic (exact) mass is 306 g/mol. The van der Waals surface area contributed by atoms with E-state index in [4.69, 9.17) is 17.0 Å². The minimum Gasteiger partial charge on any atom is -0.461 e. The van der Waals surface area contributed by atoms with Gasteiger partial charge < -0.3 is 9.30 Å². The molecule has 2 heterocycles. The zero-order valence-corrected chi connectivity index (χ0v) is 12.4. The molecule has 0 fully saturated rings. The van der Waals surface area contributed by atoms with Crippen LogP contribution < -0.4 is 10.1 Å². The fraction of sp³-hybridized carbons (Fsp3) is 0.286. The molecule has 0 saturated heterocycles. The smallest absolute Gasteiger partial charge is 0.377 e. The molecule has 0 spiro atoms. The van der Waals surface area contributed by atoms with Crippen LogP contribution in [0, 0.1) is 4.77 Å². The Morgan fingerprint density at radius 2 is 2.14 bits per heavy atom. The van der Waals surface area contributed by atoms with E-state index in [1.54, 1.807) is 34.6 Å². The van der Waals surface area contributed by atoms with Crippen molar-refractivity contribution < 1.29 is 14.1 Å². The predicted molar refractivity (Wildman–Crippen MR) is 78.2 cm³/mol. The zero-order chi connectivity index (χ0) is 15.2. The minimum absolute atomic E-state index is 0.267. The van der Waals surface area contributed by atoms with E-state index in [1.165, 1.54) is 6.07 Å². The lowest BCUT2D eigenvalue weighted by molar-refractivity contribution is -0.712. The predicted octanol–water partition coefficient (Wildman–Crippen LogP) is 0.998. The Morgan fingerprint density at radius 1 is 1.43 bits per heavy atom. The number of nitrogens with zero attached hydrogens (tertiary/aromatic N) is 2. The van der Waals surface area contributed by atoms with Gasteiger partial charge in [-0.2, -0.15) is 4.57 Å². The first-order valence-corrected chi connectivity index (χ1v) is 6.95. The third-order valence-corrected chi connectivity index (χ3v) is 3.26. The number of hydrogen-bond donors (Lipinski definition) is 1. The number of carbonyl (C=O) groups is 1. The molecule has 0 saturated carbocycles. The molecular weight excluding hydrogens is 290 g/mol. The van der Waals surface area contributed by atoms with Gasteiger partial charge in [0, 0.05) is 24.4 Å². The summed E-state index contributed by atoms with van der Waals surface area (Å²) in [5.41, 5.74) is -0.267. The van der Waals surface area contributed by atoms with Gasteiger partial charge in [-0.15, -0.1) is 0 Å². The Bertz CT molecular complexity index is 724. The van der Waals surface area contributed by atoms with Crippen LogP contribution in [0.1, 0.15) is 13.0 Å². The van der Waals surface area contributed by atoms with Crippen molar-refractivity contribution in [1.82, 2.24) is 9.55 Å². The Kier molecular flexibility index (Phi) is 4.99. The molecule has 21 heavy (non-hydrogen) atoms. The molecule has 0 unspecified atom stereocenters. The van der Waals surface area contributed by atoms with Gasteiger partial charge in [-0.3, -0.25) is 9.78 Å². The van der Waals surface area contributed by atoms with Crippen molar-refractivity contribution in [3.63, 3.8) is 0 Å². The average molecular weight is 306 g/mol. The fourth-order valence-electron chi connectivity index (χ4n) is 1.92. The quantitative estimate of drug-likeness (QED) is 0.508. The lowest BCUT2D eigenvalue weighted by Crippen LogP contribution is -2.46. The maximum Gasteiger partial charge on any atom is 0.377 e. The van der Waals surface area contributed by atoms with E-state index < -0.39 is 6.04 Å². The lowest BCUT2D eigenvalue weighted by atomic mass is 10.2. The van der Waals surface area contributed by atoms with E-state index >= 15 is 0 Å². The summed E-state index contributed by atoms with van der Waals surface area (Å²) in [6.45, 7) is 2.35. The van der Waals surface area contributed by atoms with Crippen LogP contribution in [0.25, 0.3) is 0 Å². The summed E-state index contributed by atoms with van der Waals surface area (Å²) in [6, 6.07) is 6.35. The zero-order valence-electron chi connectivity index (χ0n) is 11.6. The van der Waals surface area contributed by atoms with E-state index in [0.717, 1.165) is 0 Å². The van der Waals surface area contributed by atoms with Crippen molar-refractivity contribution in [2.45, 2.75) is 19.5 Å². The maximum atomic E-state index is 12.2. The standard InChI is InChI=1S/C14H15N3O3S/c1-2-20-13(19)11(16-7-4-3-5-8-16)10-17-9-6-12(18)15-14(17)21/h3-9,11H,2,10H2,1H3/p+1/t11-/m0/s1. The van der Waals surface area contributed by atoms with Gasteiger partial charge >= 0.3 is 5.97 Å². The van der Waals surface area contributed by atoms with Gasteiger partial charge in [-0.05, 0) is 19.1 Å². The molecule has 6 nitrogen and oxygen atoms in total. The number of nitrogens with one attached hydrogen (secondary N) is 1. The Hall–Kier alpha value is -2.28. The summed E-state index contributed by atoms with van der Waals surface area (Å²) in [4.78, 5) is 25.9. The number of rotatable bonds is 5. The van der Waals surface area contributed by atoms with Crippen molar-refractivity contribution in [3.8, 4) is 0 Å². The van der Waals surface area contributed by atoms with E-state index in [9.17, 15) is 9.59 Å². The molecular formula is C14H16N3O3S+. The van der Waals surface area contributed by atoms with Crippen molar-refractivity contribution >= 4 is 18.2 Å². The molecule has 1 atom stereocenters. The number of carbonyl (C=O) groups excluding carboxylic acids is 1. The summed E-state index contributed by atoms with van der Waals surface area (Å²) < 4.78 is 8.78. The highest BCUT2D eigenvalue weighted by Gasteiger charge is 2.29. The molecule has 0 aromatic carbocycles. The van der Waals surface area contributed by atoms with Gasteiger partial charge in [0.25, 0.3) is 11.6 Å². The van der Waals surface area contributed by atoms with Crippen molar-refractivity contribution in [1.29, 1.82) is 0 Å². The number of ether oxygens (including phenoxy) is 1. The van der Waals surface area contributed by atoms with Gasteiger partial charge in [0.1, 0.15) is 0 Å². The lowest BCUT2D eigenvalue weighted by Gasteiger charge is -2.13. The molecule has 2 aromatic rings. The van der Waals surface area contributed by atoms with Crippen LogP contribution in [0.5, 0.6) is 0 Å². The molecule has 0 amide bonds. The first-order valence-electron chi connectivity index (χ1n) is 6.54. The van der Waals surface area contributed by atoms with Crippen LogP contribution in [-0.2, 0) is 16.1 Å². The molecule has 0 aliphatic rings. The first kappa shape index (κ1) is 15.1. The number of aromatic amines is 1. The number of hydrogen-bond acceptors (Lipinski definition) is 4. The normalized spacial score (nSPS) is 11.9. The molecule has 0 aliphatic heterocycles. The van der Waals surface area contributed by atoms with Crippen LogP contribution in [0.3, 0.4) is 0 Å². The van der Waals surface area contributed by atoms with Crippen LogP contribution in [0.4, 0.5) is 0 Å². The van der Waals surface area contributed by atoms with E-state index in [-0.39, 0.29) is 22.8 Å². The SMILES string of the molecule is CCOC(=O)[C@H](Cn1ccc(=O)[nH]c1=S)[n+]1ccccc1. The highest BCUT2D eigenvalue weighted by molar-refractivity contribution is 7.71. The van der Waals surface area contributed by atoms with E-state index in [1.807, 2.05) is 18.2 Å². The molecule has 7 heteroatoms. The van der Waals surface area contributed by atoms with Gasteiger partial charge in [0.05, 0.1) is 13.2 Å². The summed E-state index contributed by atoms with van der Waals surface area (Å²) in [5, 5.41) is 0. The van der Waals surface area contributed by atoms with Crippen LogP contribution >= 0.6 is 12.2 Å². The third kappa shape index (κ3) is 3.85. The van der Waals surface area contributed by atoms with Gasteiger partial charge in [0.2, 0.25) is 0 Å². The number of esters is 1. The van der Waals surface area contributed by atoms with E-state index in [2.05, 4.69) is 4.98 Å². The Balaban J connectivity index is 2.34. The summed E-state index contributed by atoms with van der Waals surface area (Å²) in [5.74, 6) is -0.346. The van der Waals surface area contributed by atoms with E-state index in [0.29, 0.717) is 6.61 Å². The number of H-pyrrole nitrogens is 1. The van der Waals surface area contributed by atoms with Gasteiger partial charge in [0.15, 0.2) is 17.2 Å². The third-order valence-electron chi connectivity index (χ3n) is 2.92. The summed E-state index contributed by atoms with van der Waals surface area (Å²) >= 11 is 5.11. The van der Waals surface area contributed by atoms with Gasteiger partial charge in [-0.1, -0.05) is 6.07 Å². The molecule has 0 aliphatic carbocycles. The van der Waals surface area contributed by atoms with Gasteiger partial charge in [-0.25, -0.2) is 4.79 Å². The van der Waals surface area contributed by atoms with Crippen LogP contribution in [0.15, 0.2) is 47.7 Å². The molecule has 2 rings (SSSR count). The first-order chi connectivity index (χ1) is 10.1. The Labute approximate surface area is 126 Å². The second-order valence-electron chi connectivity index (χ2n) is 4.35. The summed E-state index contributed by atoms with van der Waals surface area (Å²) in [6.07, 6.45) is 5.14. The maximum absolute atomic E-state index is 12.2. The van der Waals surface area contributed by atoms with Crippen LogP contribution in [-0.4, -0.2) is 22.1 Å². The fourth-order valence-corrected chi connectivity index (χ4v) is 2.16. The molecule has 0 bridgehead atoms. The second-order valence-corrected chi connectivity index (χ2v) is 4.74. The Morgan fingerprint density at radius 3 is 2.76 bits per heavy atom. The van der Waals surface area contributed by atoms with Crippen molar-refractivity contribution in [2.24, 2.45) is 0 Å². The van der Waals surface area contributed by atoms with Crippen LogP contribution in [0.2, 0.25) is 0 Å². The topological polar surface area (TPSA) is 68.0 Å². The average Bonchev–Trinajstić information content (AvgIpc) is 2.47. The molecule has 110 valence electrons. The highest BCUT2D eigenvalue weighted by atomic mass is 32.1. The van der Waals surface area contributed by atoms with Crippen molar-refractivity contribution in [3.05, 3.63) is 58.0 Å².